The summed E-state index contributed by atoms with van der Waals surface area (Å²) in [6.07, 6.45) is 0. The molecule has 0 aromatic heterocycles. The Bertz CT molecular complexity index is 1570. The summed E-state index contributed by atoms with van der Waals surface area (Å²) in [6.45, 7) is 2.83. The van der Waals surface area contributed by atoms with Gasteiger partial charge in [-0.25, -0.2) is 16.8 Å². The van der Waals surface area contributed by atoms with E-state index in [0.29, 0.717) is 26.2 Å². The maximum Gasteiger partial charge on any atom is 0.279 e. The molecular formula is C23H29N7O9S2+2. The van der Waals surface area contributed by atoms with Crippen LogP contribution in [-0.4, -0.2) is 113 Å². The third-order valence-electron chi connectivity index (χ3n) is 7.86. The van der Waals surface area contributed by atoms with Gasteiger partial charge in [0, 0.05) is 23.3 Å². The minimum atomic E-state index is -4.22. The average molecular weight is 612 g/mol. The van der Waals surface area contributed by atoms with Gasteiger partial charge in [-0.05, 0) is 12.1 Å². The molecule has 18 heteroatoms. The molecule has 16 nitrogen and oxygen atoms in total. The smallest absolute Gasteiger partial charge is 0.279 e. The van der Waals surface area contributed by atoms with Crippen LogP contribution in [0.25, 0.3) is 11.1 Å². The summed E-state index contributed by atoms with van der Waals surface area (Å²) in [5.41, 5.74) is -2.99. The van der Waals surface area contributed by atoms with Crippen LogP contribution in [0.2, 0.25) is 0 Å². The first kappa shape index (κ1) is 29.0. The van der Waals surface area contributed by atoms with Crippen LogP contribution in [0.5, 0.6) is 0 Å². The molecule has 0 saturated carbocycles. The monoisotopic (exact) mass is 611 g/mol. The van der Waals surface area contributed by atoms with Crippen LogP contribution in [0.1, 0.15) is 11.1 Å². The first-order valence-electron chi connectivity index (χ1n) is 12.8. The van der Waals surface area contributed by atoms with E-state index in [1.807, 2.05) is 14.1 Å². The molecule has 0 spiro atoms. The van der Waals surface area contributed by atoms with E-state index >= 15 is 0 Å². The Hall–Kier alpha value is -3.55. The molecule has 2 aromatic carbocycles. The number of likely N-dealkylation sites (N-methyl/N-ethyl adjacent to an activating group) is 2. The number of oxime groups is 1. The Morgan fingerprint density at radius 2 is 1.07 bits per heavy atom. The number of nitrogens with zero attached hydrogens (tertiary/aromatic N) is 5. The number of piperazine rings is 2. The SMILES string of the molecule is C[NH+]1CCN(S(=O)(=O)c2cc3c(c([N+](=O)[O-])c2)-c2c(cc(S(=O)(=O)N4CC[NH+](C)CC4)cc2[N+](=O)[O-])C3=NO)CC1. The highest BCUT2D eigenvalue weighted by Gasteiger charge is 2.43. The molecule has 0 bridgehead atoms. The van der Waals surface area contributed by atoms with Gasteiger partial charge in [-0.15, -0.1) is 0 Å². The zero-order chi connectivity index (χ0) is 29.9. The first-order valence-corrected chi connectivity index (χ1v) is 15.7. The zero-order valence-corrected chi connectivity index (χ0v) is 23.9. The largest absolute Gasteiger partial charge is 0.410 e. The van der Waals surface area contributed by atoms with Gasteiger partial charge in [-0.1, -0.05) is 5.16 Å². The number of nitro benzene ring substituents is 2. The topological polar surface area (TPSA) is 203 Å². The molecule has 220 valence electrons. The lowest BCUT2D eigenvalue weighted by molar-refractivity contribution is -0.883. The summed E-state index contributed by atoms with van der Waals surface area (Å²) in [5, 5.41) is 37.6. The number of sulfonamides is 2. The fraction of sp³-hybridized carbons (Fsp3) is 0.435. The van der Waals surface area contributed by atoms with Crippen molar-refractivity contribution >= 4 is 37.1 Å². The number of fused-ring (bicyclic) bond motifs is 3. The molecule has 0 atom stereocenters. The summed E-state index contributed by atoms with van der Waals surface area (Å²) < 4.78 is 56.4. The van der Waals surface area contributed by atoms with Gasteiger partial charge in [0.2, 0.25) is 20.0 Å². The highest BCUT2D eigenvalue weighted by atomic mass is 32.2. The standard InChI is InChI=1S/C23H27N7O9S2/c1-25-3-7-27(8-4-25)40(36,37)15-11-17-21(19(13-15)29(32)33)22-18(23(17)24-31)12-16(14-20(22)30(34)35)41(38,39)28-9-5-26(2)6-10-28/h11-14,31H,3-10H2,1-2H3/p+2. The molecule has 0 radical (unpaired) electrons. The van der Waals surface area contributed by atoms with E-state index in [1.165, 1.54) is 8.61 Å². The molecule has 3 N–H and O–H groups in total. The second-order valence-electron chi connectivity index (χ2n) is 10.4. The maximum atomic E-state index is 13.5. The van der Waals surface area contributed by atoms with Crippen molar-refractivity contribution in [2.75, 3.05) is 66.5 Å². The lowest BCUT2D eigenvalue weighted by Crippen LogP contribution is -3.12. The molecule has 0 unspecified atom stereocenters. The van der Waals surface area contributed by atoms with Gasteiger partial charge in [0.05, 0.1) is 97.2 Å². The minimum Gasteiger partial charge on any atom is -0.410 e. The van der Waals surface area contributed by atoms with Gasteiger partial charge >= 0.3 is 0 Å². The van der Waals surface area contributed by atoms with Gasteiger partial charge in [-0.3, -0.25) is 20.2 Å². The van der Waals surface area contributed by atoms with Crippen LogP contribution < -0.4 is 9.80 Å². The van der Waals surface area contributed by atoms with E-state index in [0.717, 1.165) is 34.1 Å². The van der Waals surface area contributed by atoms with Gasteiger partial charge in [0.1, 0.15) is 5.71 Å². The van der Waals surface area contributed by atoms with E-state index in [-0.39, 0.29) is 48.4 Å². The molecule has 0 amide bonds. The first-order chi connectivity index (χ1) is 19.3. The van der Waals surface area contributed by atoms with Gasteiger partial charge < -0.3 is 15.0 Å². The summed E-state index contributed by atoms with van der Waals surface area (Å²) in [4.78, 5) is 24.1. The second kappa shape index (κ2) is 10.4. The fourth-order valence-electron chi connectivity index (χ4n) is 5.45. The molecule has 2 aliphatic heterocycles. The van der Waals surface area contributed by atoms with Crippen LogP contribution in [0.4, 0.5) is 11.4 Å². The molecule has 3 aliphatic rings. The van der Waals surface area contributed by atoms with Crippen LogP contribution in [-0.2, 0) is 20.0 Å². The summed E-state index contributed by atoms with van der Waals surface area (Å²) in [7, 11) is -4.61. The third kappa shape index (κ3) is 4.85. The van der Waals surface area contributed by atoms with Gasteiger partial charge in [0.15, 0.2) is 0 Å². The molecule has 5 rings (SSSR count). The Morgan fingerprint density at radius 3 is 1.37 bits per heavy atom. The van der Waals surface area contributed by atoms with E-state index in [1.54, 1.807) is 0 Å². The molecular weight excluding hydrogens is 582 g/mol. The van der Waals surface area contributed by atoms with Crippen LogP contribution in [0, 0.1) is 20.2 Å². The van der Waals surface area contributed by atoms with E-state index in [4.69, 9.17) is 0 Å². The lowest BCUT2D eigenvalue weighted by atomic mass is 10.0. The number of hydrogen-bond donors (Lipinski definition) is 3. The highest BCUT2D eigenvalue weighted by molar-refractivity contribution is 7.89. The number of rotatable bonds is 6. The second-order valence-corrected chi connectivity index (χ2v) is 14.3. The van der Waals surface area contributed by atoms with Crippen molar-refractivity contribution < 1.29 is 41.7 Å². The zero-order valence-electron chi connectivity index (χ0n) is 22.2. The Labute approximate surface area is 235 Å². The molecule has 2 saturated heterocycles. The predicted octanol–water partition coefficient (Wildman–Crippen LogP) is -2.25. The fourth-order valence-corrected chi connectivity index (χ4v) is 8.43. The van der Waals surface area contributed by atoms with Gasteiger partial charge in [0.25, 0.3) is 11.4 Å². The molecule has 2 aromatic rings. The highest BCUT2D eigenvalue weighted by Crippen LogP contribution is 2.49. The van der Waals surface area contributed by atoms with Crippen molar-refractivity contribution in [1.82, 2.24) is 8.61 Å². The van der Waals surface area contributed by atoms with Crippen molar-refractivity contribution in [2.24, 2.45) is 5.16 Å². The third-order valence-corrected chi connectivity index (χ3v) is 11.6. The van der Waals surface area contributed by atoms with E-state index in [9.17, 15) is 42.3 Å². The van der Waals surface area contributed by atoms with Crippen molar-refractivity contribution in [3.05, 3.63) is 55.6 Å². The van der Waals surface area contributed by atoms with Crippen LogP contribution in [0.3, 0.4) is 0 Å². The lowest BCUT2D eigenvalue weighted by Gasteiger charge is -2.29. The van der Waals surface area contributed by atoms with Crippen molar-refractivity contribution in [3.8, 4) is 11.1 Å². The quantitative estimate of drug-likeness (QED) is 0.156. The number of quaternary nitrogens is 2. The molecule has 2 heterocycles. The Morgan fingerprint density at radius 1 is 0.732 bits per heavy atom. The Balaban J connectivity index is 1.70. The molecule has 41 heavy (non-hydrogen) atoms. The van der Waals surface area contributed by atoms with Crippen LogP contribution >= 0.6 is 0 Å². The normalized spacial score (nSPS) is 19.1. The predicted molar refractivity (Wildman–Crippen MR) is 143 cm³/mol. The molecule has 2 fully saturated rings. The number of hydrogen-bond acceptors (Lipinski definition) is 10. The number of nitro groups is 2. The van der Waals surface area contributed by atoms with Crippen LogP contribution in [0.15, 0.2) is 39.2 Å². The van der Waals surface area contributed by atoms with Crippen molar-refractivity contribution in [1.29, 1.82) is 0 Å². The van der Waals surface area contributed by atoms with Crippen molar-refractivity contribution in [3.63, 3.8) is 0 Å². The Kier molecular flexibility index (Phi) is 7.33. The van der Waals surface area contributed by atoms with E-state index < -0.39 is 56.8 Å². The number of nitrogens with one attached hydrogen (secondary N) is 2. The summed E-state index contributed by atoms with van der Waals surface area (Å²) in [5.74, 6) is 0. The van der Waals surface area contributed by atoms with Crippen molar-refractivity contribution in [2.45, 2.75) is 9.79 Å². The average Bonchev–Trinajstić information content (AvgIpc) is 3.25. The molecule has 1 aliphatic carbocycles. The van der Waals surface area contributed by atoms with Gasteiger partial charge in [-0.2, -0.15) is 8.61 Å². The minimum absolute atomic E-state index is 0.181. The maximum absolute atomic E-state index is 13.5. The number of benzene rings is 2. The summed E-state index contributed by atoms with van der Waals surface area (Å²) >= 11 is 0. The summed E-state index contributed by atoms with van der Waals surface area (Å²) in [6, 6.07) is 3.84. The van der Waals surface area contributed by atoms with E-state index in [2.05, 4.69) is 5.16 Å².